The molecular weight excluding hydrogens is 415 g/mol. The van der Waals surface area contributed by atoms with Gasteiger partial charge in [-0.25, -0.2) is 4.98 Å². The van der Waals surface area contributed by atoms with Crippen molar-refractivity contribution in [2.45, 2.75) is 18.8 Å². The number of nitrogens with zero attached hydrogens (tertiary/aromatic N) is 3. The summed E-state index contributed by atoms with van der Waals surface area (Å²) < 4.78 is 43.1. The van der Waals surface area contributed by atoms with Crippen LogP contribution in [0, 0.1) is 0 Å². The van der Waals surface area contributed by atoms with Crippen LogP contribution in [0.2, 0.25) is 0 Å². The SMILES string of the molecule is FC(F)(F)C(Nc1ccc(NCCn2cncn2)c(-c2ccccc2)c1)c1ccccc1. The van der Waals surface area contributed by atoms with Crippen LogP contribution in [0.25, 0.3) is 11.1 Å². The fourth-order valence-electron chi connectivity index (χ4n) is 3.46. The molecular formula is C24H22F3N5. The van der Waals surface area contributed by atoms with Crippen LogP contribution in [-0.4, -0.2) is 27.5 Å². The minimum atomic E-state index is -4.44. The predicted octanol–water partition coefficient (Wildman–Crippen LogP) is 5.77. The maximum Gasteiger partial charge on any atom is 0.412 e. The summed E-state index contributed by atoms with van der Waals surface area (Å²) in [7, 11) is 0. The fourth-order valence-corrected chi connectivity index (χ4v) is 3.46. The number of aromatic nitrogens is 3. The molecule has 1 aromatic heterocycles. The molecule has 0 fully saturated rings. The Labute approximate surface area is 183 Å². The highest BCUT2D eigenvalue weighted by atomic mass is 19.4. The zero-order valence-corrected chi connectivity index (χ0v) is 17.1. The van der Waals surface area contributed by atoms with E-state index in [0.29, 0.717) is 18.8 Å². The van der Waals surface area contributed by atoms with E-state index in [1.165, 1.54) is 18.5 Å². The molecule has 4 rings (SSSR count). The summed E-state index contributed by atoms with van der Waals surface area (Å²) in [6.45, 7) is 1.20. The molecule has 164 valence electrons. The number of rotatable bonds is 8. The highest BCUT2D eigenvalue weighted by Crippen LogP contribution is 2.37. The van der Waals surface area contributed by atoms with Gasteiger partial charge in [0, 0.05) is 23.5 Å². The van der Waals surface area contributed by atoms with Crippen molar-refractivity contribution >= 4 is 11.4 Å². The molecule has 8 heteroatoms. The molecule has 1 heterocycles. The van der Waals surface area contributed by atoms with Crippen molar-refractivity contribution in [3.8, 4) is 11.1 Å². The Hall–Kier alpha value is -3.81. The van der Waals surface area contributed by atoms with E-state index >= 15 is 0 Å². The van der Waals surface area contributed by atoms with Gasteiger partial charge in [-0.3, -0.25) is 4.68 Å². The molecule has 1 unspecified atom stereocenters. The van der Waals surface area contributed by atoms with Gasteiger partial charge >= 0.3 is 6.18 Å². The fraction of sp³-hybridized carbons (Fsp3) is 0.167. The lowest BCUT2D eigenvalue weighted by Gasteiger charge is -2.24. The summed E-state index contributed by atoms with van der Waals surface area (Å²) in [6.07, 6.45) is -1.34. The van der Waals surface area contributed by atoms with Crippen LogP contribution >= 0.6 is 0 Å². The Morgan fingerprint density at radius 2 is 1.62 bits per heavy atom. The van der Waals surface area contributed by atoms with Crippen molar-refractivity contribution in [3.05, 3.63) is 97.1 Å². The first kappa shape index (κ1) is 21.4. The molecule has 0 aliphatic heterocycles. The molecule has 0 saturated carbocycles. The minimum absolute atomic E-state index is 0.163. The smallest absolute Gasteiger partial charge is 0.383 e. The quantitative estimate of drug-likeness (QED) is 0.367. The van der Waals surface area contributed by atoms with Crippen LogP contribution in [0.1, 0.15) is 11.6 Å². The van der Waals surface area contributed by atoms with E-state index in [4.69, 9.17) is 0 Å². The van der Waals surface area contributed by atoms with Crippen LogP contribution in [0.15, 0.2) is 91.5 Å². The van der Waals surface area contributed by atoms with E-state index < -0.39 is 12.2 Å². The predicted molar refractivity (Wildman–Crippen MR) is 119 cm³/mol. The number of hydrogen-bond donors (Lipinski definition) is 2. The van der Waals surface area contributed by atoms with Crippen molar-refractivity contribution in [3.63, 3.8) is 0 Å². The molecule has 0 amide bonds. The van der Waals surface area contributed by atoms with Gasteiger partial charge in [0.25, 0.3) is 0 Å². The van der Waals surface area contributed by atoms with Gasteiger partial charge in [0.05, 0.1) is 6.54 Å². The van der Waals surface area contributed by atoms with Crippen LogP contribution < -0.4 is 10.6 Å². The summed E-state index contributed by atoms with van der Waals surface area (Å²) in [5.74, 6) is 0. The molecule has 4 aromatic rings. The molecule has 0 bridgehead atoms. The maximum absolute atomic E-state index is 13.8. The first-order valence-corrected chi connectivity index (χ1v) is 10.1. The Morgan fingerprint density at radius 1 is 0.906 bits per heavy atom. The minimum Gasteiger partial charge on any atom is -0.383 e. The Balaban J connectivity index is 1.61. The van der Waals surface area contributed by atoms with Crippen molar-refractivity contribution in [1.29, 1.82) is 0 Å². The average Bonchev–Trinajstić information content (AvgIpc) is 3.32. The summed E-state index contributed by atoms with van der Waals surface area (Å²) in [4.78, 5) is 3.92. The lowest BCUT2D eigenvalue weighted by molar-refractivity contribution is -0.144. The van der Waals surface area contributed by atoms with Gasteiger partial charge in [-0.1, -0.05) is 60.7 Å². The van der Waals surface area contributed by atoms with Gasteiger partial charge in [0.15, 0.2) is 0 Å². The number of nitrogens with one attached hydrogen (secondary N) is 2. The molecule has 0 aliphatic rings. The third-order valence-corrected chi connectivity index (χ3v) is 5.00. The standard InChI is InChI=1S/C24H22F3N5/c25-24(26,27)23(19-9-5-2-6-10-19)31-20-11-12-22(29-13-14-32-17-28-16-30-32)21(15-20)18-7-3-1-4-8-18/h1-12,15-17,23,29,31H,13-14H2. The van der Waals surface area contributed by atoms with E-state index in [1.807, 2.05) is 30.3 Å². The summed E-state index contributed by atoms with van der Waals surface area (Å²) in [5, 5.41) is 10.1. The van der Waals surface area contributed by atoms with Crippen LogP contribution in [0.4, 0.5) is 24.5 Å². The van der Waals surface area contributed by atoms with Crippen molar-refractivity contribution in [2.75, 3.05) is 17.2 Å². The lowest BCUT2D eigenvalue weighted by atomic mass is 10.0. The Kier molecular flexibility index (Phi) is 6.39. The van der Waals surface area contributed by atoms with Crippen molar-refractivity contribution in [2.24, 2.45) is 0 Å². The molecule has 1 atom stereocenters. The Bertz CT molecular complexity index is 1110. The van der Waals surface area contributed by atoms with E-state index in [9.17, 15) is 13.2 Å². The Morgan fingerprint density at radius 3 is 2.28 bits per heavy atom. The van der Waals surface area contributed by atoms with Crippen molar-refractivity contribution in [1.82, 2.24) is 14.8 Å². The molecule has 0 spiro atoms. The number of hydrogen-bond acceptors (Lipinski definition) is 4. The van der Waals surface area contributed by atoms with Crippen LogP contribution in [0.3, 0.4) is 0 Å². The van der Waals surface area contributed by atoms with Gasteiger partial charge in [-0.2, -0.15) is 18.3 Å². The molecule has 0 aliphatic carbocycles. The van der Waals surface area contributed by atoms with E-state index in [0.717, 1.165) is 16.8 Å². The topological polar surface area (TPSA) is 54.8 Å². The van der Waals surface area contributed by atoms with Gasteiger partial charge < -0.3 is 10.6 Å². The second-order valence-electron chi connectivity index (χ2n) is 7.24. The summed E-state index contributed by atoms with van der Waals surface area (Å²) in [5.41, 5.74) is 3.09. The lowest BCUT2D eigenvalue weighted by Crippen LogP contribution is -2.27. The van der Waals surface area contributed by atoms with Gasteiger partial charge in [-0.05, 0) is 29.3 Å². The molecule has 5 nitrogen and oxygen atoms in total. The number of anilines is 2. The van der Waals surface area contributed by atoms with E-state index in [1.54, 1.807) is 47.4 Å². The summed E-state index contributed by atoms with van der Waals surface area (Å²) >= 11 is 0. The first-order chi connectivity index (χ1) is 15.5. The molecule has 0 radical (unpaired) electrons. The first-order valence-electron chi connectivity index (χ1n) is 10.1. The largest absolute Gasteiger partial charge is 0.412 e. The molecule has 2 N–H and O–H groups in total. The van der Waals surface area contributed by atoms with Crippen molar-refractivity contribution < 1.29 is 13.2 Å². The van der Waals surface area contributed by atoms with E-state index in [-0.39, 0.29) is 5.56 Å². The second kappa shape index (κ2) is 9.55. The molecule has 0 saturated heterocycles. The highest BCUT2D eigenvalue weighted by Gasteiger charge is 2.40. The number of alkyl halides is 3. The summed E-state index contributed by atoms with van der Waals surface area (Å²) in [6, 6.07) is 20.8. The van der Waals surface area contributed by atoms with Gasteiger partial charge in [0.2, 0.25) is 0 Å². The van der Waals surface area contributed by atoms with Crippen LogP contribution in [0.5, 0.6) is 0 Å². The average molecular weight is 437 g/mol. The van der Waals surface area contributed by atoms with E-state index in [2.05, 4.69) is 20.7 Å². The normalized spacial score (nSPS) is 12.3. The van der Waals surface area contributed by atoms with Gasteiger partial charge in [-0.15, -0.1) is 0 Å². The second-order valence-corrected chi connectivity index (χ2v) is 7.24. The highest BCUT2D eigenvalue weighted by molar-refractivity contribution is 5.81. The third kappa shape index (κ3) is 5.26. The zero-order valence-electron chi connectivity index (χ0n) is 17.1. The third-order valence-electron chi connectivity index (χ3n) is 5.00. The number of halogens is 3. The zero-order chi connectivity index (χ0) is 22.4. The monoisotopic (exact) mass is 437 g/mol. The molecule has 32 heavy (non-hydrogen) atoms. The number of benzene rings is 3. The van der Waals surface area contributed by atoms with Gasteiger partial charge in [0.1, 0.15) is 18.7 Å². The van der Waals surface area contributed by atoms with Crippen LogP contribution in [-0.2, 0) is 6.54 Å². The molecule has 3 aromatic carbocycles. The maximum atomic E-state index is 13.8.